The summed E-state index contributed by atoms with van der Waals surface area (Å²) in [7, 11) is 0. The normalized spacial score (nSPS) is 14.0. The van der Waals surface area contributed by atoms with Crippen LogP contribution in [0.3, 0.4) is 0 Å². The maximum absolute atomic E-state index is 12.4. The van der Waals surface area contributed by atoms with E-state index in [0.717, 1.165) is 15.1 Å². The number of aromatic nitrogens is 1. The van der Waals surface area contributed by atoms with Gasteiger partial charge in [0.25, 0.3) is 17.7 Å². The average Bonchev–Trinajstić information content (AvgIpc) is 3.24. The second kappa shape index (κ2) is 7.44. The van der Waals surface area contributed by atoms with Crippen molar-refractivity contribution in [3.63, 3.8) is 0 Å². The van der Waals surface area contributed by atoms with Crippen LogP contribution in [0.2, 0.25) is 0 Å². The van der Waals surface area contributed by atoms with Crippen molar-refractivity contribution in [3.05, 3.63) is 59.7 Å². The van der Waals surface area contributed by atoms with E-state index >= 15 is 0 Å². The van der Waals surface area contributed by atoms with E-state index in [9.17, 15) is 19.2 Å². The molecule has 0 fully saturated rings. The number of amides is 3. The summed E-state index contributed by atoms with van der Waals surface area (Å²) in [5.74, 6) is -2.53. The first-order valence-electron chi connectivity index (χ1n) is 8.74. The third-order valence-corrected chi connectivity index (χ3v) is 5.39. The zero-order valence-electron chi connectivity index (χ0n) is 15.2. The van der Waals surface area contributed by atoms with Gasteiger partial charge in [-0.15, -0.1) is 0 Å². The lowest BCUT2D eigenvalue weighted by Crippen LogP contribution is -2.44. The highest BCUT2D eigenvalue weighted by molar-refractivity contribution is 7.22. The van der Waals surface area contributed by atoms with Gasteiger partial charge in [-0.1, -0.05) is 35.6 Å². The molecule has 1 aliphatic rings. The van der Waals surface area contributed by atoms with Crippen LogP contribution < -0.4 is 5.32 Å². The van der Waals surface area contributed by atoms with Crippen LogP contribution in [0.4, 0.5) is 5.13 Å². The Hall–Kier alpha value is -3.59. The van der Waals surface area contributed by atoms with Gasteiger partial charge in [0.15, 0.2) is 11.7 Å². The van der Waals surface area contributed by atoms with Crippen LogP contribution in [0, 0.1) is 0 Å². The van der Waals surface area contributed by atoms with Crippen molar-refractivity contribution in [2.24, 2.45) is 0 Å². The van der Waals surface area contributed by atoms with E-state index in [1.807, 2.05) is 24.3 Å². The zero-order valence-corrected chi connectivity index (χ0v) is 16.1. The molecular formula is C20H15N3O5S. The Bertz CT molecular complexity index is 1090. The monoisotopic (exact) mass is 409 g/mol. The predicted octanol–water partition coefficient (Wildman–Crippen LogP) is 2.46. The average molecular weight is 409 g/mol. The number of esters is 1. The maximum atomic E-state index is 12.4. The molecule has 0 unspecified atom stereocenters. The minimum absolute atomic E-state index is 0.241. The number of nitrogens with zero attached hydrogens (tertiary/aromatic N) is 2. The lowest BCUT2D eigenvalue weighted by molar-refractivity contribution is -0.150. The number of ether oxygens (including phenoxy) is 1. The summed E-state index contributed by atoms with van der Waals surface area (Å²) in [5.41, 5.74) is 1.24. The molecule has 8 nitrogen and oxygen atoms in total. The van der Waals surface area contributed by atoms with Crippen LogP contribution in [-0.4, -0.2) is 46.2 Å². The molecular weight excluding hydrogens is 394 g/mol. The molecule has 0 radical (unpaired) electrons. The van der Waals surface area contributed by atoms with Gasteiger partial charge in [-0.3, -0.25) is 24.6 Å². The van der Waals surface area contributed by atoms with E-state index in [4.69, 9.17) is 4.74 Å². The summed E-state index contributed by atoms with van der Waals surface area (Å²) >= 11 is 1.30. The highest BCUT2D eigenvalue weighted by atomic mass is 32.1. The zero-order chi connectivity index (χ0) is 20.5. The highest BCUT2D eigenvalue weighted by Gasteiger charge is 2.41. The van der Waals surface area contributed by atoms with E-state index in [2.05, 4.69) is 10.3 Å². The van der Waals surface area contributed by atoms with Crippen LogP contribution >= 0.6 is 11.3 Å². The van der Waals surface area contributed by atoms with Gasteiger partial charge in [-0.2, -0.15) is 0 Å². The lowest BCUT2D eigenvalue weighted by atomic mass is 10.1. The molecule has 1 atom stereocenters. The van der Waals surface area contributed by atoms with Crippen molar-refractivity contribution in [3.8, 4) is 0 Å². The molecule has 1 aliphatic heterocycles. The van der Waals surface area contributed by atoms with Gasteiger partial charge in [0.05, 0.1) is 21.3 Å². The van der Waals surface area contributed by atoms with Gasteiger partial charge in [-0.25, -0.2) is 9.78 Å². The van der Waals surface area contributed by atoms with Crippen molar-refractivity contribution < 1.29 is 23.9 Å². The molecule has 0 saturated carbocycles. The summed E-state index contributed by atoms with van der Waals surface area (Å²) in [4.78, 5) is 54.4. The van der Waals surface area contributed by atoms with Crippen LogP contribution in [-0.2, 0) is 14.3 Å². The first kappa shape index (κ1) is 18.8. The van der Waals surface area contributed by atoms with E-state index in [-0.39, 0.29) is 11.1 Å². The van der Waals surface area contributed by atoms with Gasteiger partial charge in [-0.05, 0) is 31.2 Å². The molecule has 4 rings (SSSR count). The van der Waals surface area contributed by atoms with Crippen LogP contribution in [0.5, 0.6) is 0 Å². The summed E-state index contributed by atoms with van der Waals surface area (Å²) < 4.78 is 5.92. The van der Waals surface area contributed by atoms with Crippen molar-refractivity contribution in [1.29, 1.82) is 0 Å². The van der Waals surface area contributed by atoms with E-state index in [0.29, 0.717) is 5.13 Å². The number of para-hydroxylation sites is 1. The fourth-order valence-electron chi connectivity index (χ4n) is 3.00. The van der Waals surface area contributed by atoms with Crippen LogP contribution in [0.25, 0.3) is 10.2 Å². The molecule has 1 aromatic heterocycles. The summed E-state index contributed by atoms with van der Waals surface area (Å²) in [6.07, 6.45) is 0. The third kappa shape index (κ3) is 3.47. The minimum atomic E-state index is -1.15. The highest BCUT2D eigenvalue weighted by Crippen LogP contribution is 2.26. The van der Waals surface area contributed by atoms with Crippen LogP contribution in [0.1, 0.15) is 27.6 Å². The van der Waals surface area contributed by atoms with Gasteiger partial charge < -0.3 is 4.74 Å². The predicted molar refractivity (Wildman–Crippen MR) is 106 cm³/mol. The fourth-order valence-corrected chi connectivity index (χ4v) is 3.89. The Morgan fingerprint density at radius 2 is 1.69 bits per heavy atom. The number of imide groups is 1. The number of benzene rings is 2. The van der Waals surface area contributed by atoms with Gasteiger partial charge in [0, 0.05) is 0 Å². The molecule has 0 spiro atoms. The fraction of sp³-hybridized carbons (Fsp3) is 0.150. The first-order valence-corrected chi connectivity index (χ1v) is 9.56. The Labute approximate surface area is 169 Å². The number of hydrogen-bond acceptors (Lipinski definition) is 7. The molecule has 3 aromatic rings. The quantitative estimate of drug-likeness (QED) is 0.513. The molecule has 1 N–H and O–H groups in total. The lowest BCUT2D eigenvalue weighted by Gasteiger charge is -2.20. The van der Waals surface area contributed by atoms with Gasteiger partial charge in [0.2, 0.25) is 0 Å². The minimum Gasteiger partial charge on any atom is -0.454 e. The molecule has 2 aromatic carbocycles. The third-order valence-electron chi connectivity index (χ3n) is 4.44. The smallest absolute Gasteiger partial charge is 0.329 e. The van der Waals surface area contributed by atoms with Crippen LogP contribution in [0.15, 0.2) is 48.5 Å². The second-order valence-electron chi connectivity index (χ2n) is 6.34. The molecule has 29 heavy (non-hydrogen) atoms. The number of carbonyl (C=O) groups excluding carboxylic acids is 4. The second-order valence-corrected chi connectivity index (χ2v) is 7.38. The molecule has 2 heterocycles. The first-order chi connectivity index (χ1) is 14.0. The Kier molecular flexibility index (Phi) is 4.81. The topological polar surface area (TPSA) is 106 Å². The molecule has 0 saturated heterocycles. The van der Waals surface area contributed by atoms with Crippen molar-refractivity contribution >= 4 is 50.4 Å². The van der Waals surface area contributed by atoms with Crippen molar-refractivity contribution in [2.45, 2.75) is 13.0 Å². The van der Waals surface area contributed by atoms with Gasteiger partial charge in [0.1, 0.15) is 6.04 Å². The standard InChI is InChI=1S/C20H15N3O5S/c1-11(23-17(25)12-6-2-3-7-13(12)18(23)26)19(27)28-10-16(24)22-20-21-14-8-4-5-9-15(14)29-20/h2-9,11H,10H2,1H3,(H,21,22,24)/t11-/m1/s1. The maximum Gasteiger partial charge on any atom is 0.329 e. The van der Waals surface area contributed by atoms with E-state index < -0.39 is 36.3 Å². The van der Waals surface area contributed by atoms with E-state index in [1.165, 1.54) is 30.4 Å². The summed E-state index contributed by atoms with van der Waals surface area (Å²) in [6.45, 7) is 0.831. The number of fused-ring (bicyclic) bond motifs is 2. The number of anilines is 1. The Morgan fingerprint density at radius 1 is 1.07 bits per heavy atom. The number of hydrogen-bond donors (Lipinski definition) is 1. The number of carbonyl (C=O) groups is 4. The summed E-state index contributed by atoms with van der Waals surface area (Å²) in [6, 6.07) is 12.6. The Balaban J connectivity index is 1.36. The number of thiazole rings is 1. The largest absolute Gasteiger partial charge is 0.454 e. The number of nitrogens with one attached hydrogen (secondary N) is 1. The number of rotatable bonds is 5. The molecule has 3 amide bonds. The molecule has 9 heteroatoms. The summed E-state index contributed by atoms with van der Waals surface area (Å²) in [5, 5.41) is 2.96. The molecule has 0 aliphatic carbocycles. The van der Waals surface area contributed by atoms with Crippen molar-refractivity contribution in [2.75, 3.05) is 11.9 Å². The van der Waals surface area contributed by atoms with E-state index in [1.54, 1.807) is 12.1 Å². The Morgan fingerprint density at radius 3 is 2.34 bits per heavy atom. The SMILES string of the molecule is C[C@H](C(=O)OCC(=O)Nc1nc2ccccc2s1)N1C(=O)c2ccccc2C1=O. The van der Waals surface area contributed by atoms with Crippen molar-refractivity contribution in [1.82, 2.24) is 9.88 Å². The molecule has 0 bridgehead atoms. The van der Waals surface area contributed by atoms with Gasteiger partial charge >= 0.3 is 5.97 Å². The molecule has 146 valence electrons.